The van der Waals surface area contributed by atoms with Crippen molar-refractivity contribution in [1.29, 1.82) is 0 Å². The van der Waals surface area contributed by atoms with Crippen molar-refractivity contribution in [3.8, 4) is 5.75 Å². The van der Waals surface area contributed by atoms with Gasteiger partial charge in [-0.15, -0.1) is 0 Å². The van der Waals surface area contributed by atoms with Crippen molar-refractivity contribution in [1.82, 2.24) is 0 Å². The topological polar surface area (TPSA) is 21.3 Å². The van der Waals surface area contributed by atoms with Gasteiger partial charge >= 0.3 is 0 Å². The van der Waals surface area contributed by atoms with Crippen LogP contribution in [-0.4, -0.2) is 23.7 Å². The maximum absolute atomic E-state index is 6.18. The van der Waals surface area contributed by atoms with Gasteiger partial charge in [-0.2, -0.15) is 11.8 Å². The molecule has 1 aliphatic carbocycles. The van der Waals surface area contributed by atoms with Gasteiger partial charge < -0.3 is 10.1 Å². The molecule has 1 aromatic carbocycles. The van der Waals surface area contributed by atoms with E-state index >= 15 is 0 Å². The van der Waals surface area contributed by atoms with E-state index in [1.54, 1.807) is 0 Å². The summed E-state index contributed by atoms with van der Waals surface area (Å²) in [6, 6.07) is 9.04. The van der Waals surface area contributed by atoms with E-state index in [1.807, 2.05) is 0 Å². The number of para-hydroxylation sites is 2. The highest BCUT2D eigenvalue weighted by Crippen LogP contribution is 2.31. The molecule has 19 heavy (non-hydrogen) atoms. The van der Waals surface area contributed by atoms with Crippen LogP contribution < -0.4 is 10.1 Å². The SMILES string of the molecule is c1ccc(OC2CCCC2)c(N[C@@H]2CCCSC2)c1. The molecule has 0 radical (unpaired) electrons. The minimum atomic E-state index is 0.434. The Balaban J connectivity index is 1.65. The molecule has 0 bridgehead atoms. The minimum Gasteiger partial charge on any atom is -0.488 e. The number of thioether (sulfide) groups is 1. The third-order valence-corrected chi connectivity index (χ3v) is 5.22. The van der Waals surface area contributed by atoms with Crippen LogP contribution >= 0.6 is 11.8 Å². The average molecular weight is 277 g/mol. The number of hydrogen-bond donors (Lipinski definition) is 1. The summed E-state index contributed by atoms with van der Waals surface area (Å²) in [6.07, 6.45) is 8.11. The summed E-state index contributed by atoms with van der Waals surface area (Å²) in [5, 5.41) is 3.68. The molecule has 1 N–H and O–H groups in total. The molecule has 1 heterocycles. The zero-order valence-corrected chi connectivity index (χ0v) is 12.3. The first-order valence-electron chi connectivity index (χ1n) is 7.52. The lowest BCUT2D eigenvalue weighted by Gasteiger charge is -2.25. The van der Waals surface area contributed by atoms with Crippen LogP contribution in [0.3, 0.4) is 0 Å². The van der Waals surface area contributed by atoms with Crippen LogP contribution in [0.1, 0.15) is 38.5 Å². The maximum atomic E-state index is 6.18. The average Bonchev–Trinajstić information content (AvgIpc) is 2.95. The minimum absolute atomic E-state index is 0.434. The van der Waals surface area contributed by atoms with E-state index in [1.165, 1.54) is 55.7 Å². The molecule has 1 atom stereocenters. The van der Waals surface area contributed by atoms with Crippen molar-refractivity contribution < 1.29 is 4.74 Å². The Morgan fingerprint density at radius 3 is 2.68 bits per heavy atom. The largest absolute Gasteiger partial charge is 0.488 e. The zero-order valence-electron chi connectivity index (χ0n) is 11.4. The van der Waals surface area contributed by atoms with Crippen molar-refractivity contribution in [2.45, 2.75) is 50.7 Å². The number of rotatable bonds is 4. The lowest BCUT2D eigenvalue weighted by atomic mass is 10.1. The van der Waals surface area contributed by atoms with Gasteiger partial charge in [0, 0.05) is 11.8 Å². The van der Waals surface area contributed by atoms with Gasteiger partial charge in [-0.05, 0) is 56.4 Å². The number of anilines is 1. The molecular formula is C16H23NOS. The van der Waals surface area contributed by atoms with Crippen molar-refractivity contribution in [2.75, 3.05) is 16.8 Å². The molecule has 0 amide bonds. The fraction of sp³-hybridized carbons (Fsp3) is 0.625. The van der Waals surface area contributed by atoms with E-state index < -0.39 is 0 Å². The van der Waals surface area contributed by atoms with Crippen molar-refractivity contribution in [3.63, 3.8) is 0 Å². The molecule has 0 spiro atoms. The molecular weight excluding hydrogens is 254 g/mol. The van der Waals surface area contributed by atoms with Crippen LogP contribution in [0.5, 0.6) is 5.75 Å². The lowest BCUT2D eigenvalue weighted by Crippen LogP contribution is -2.26. The summed E-state index contributed by atoms with van der Waals surface area (Å²) in [6.45, 7) is 0. The quantitative estimate of drug-likeness (QED) is 0.886. The Bertz CT molecular complexity index is 397. The molecule has 1 aromatic rings. The van der Waals surface area contributed by atoms with E-state index in [-0.39, 0.29) is 0 Å². The van der Waals surface area contributed by atoms with Crippen molar-refractivity contribution >= 4 is 17.4 Å². The van der Waals surface area contributed by atoms with Gasteiger partial charge in [-0.3, -0.25) is 0 Å². The monoisotopic (exact) mass is 277 g/mol. The standard InChI is InChI=1S/C16H23NOS/c1-2-8-14(7-1)18-16-10-4-3-9-15(16)17-13-6-5-11-19-12-13/h3-4,9-10,13-14,17H,1-2,5-8,11-12H2/t13-/m1/s1. The fourth-order valence-corrected chi connectivity index (χ4v) is 4.02. The fourth-order valence-electron chi connectivity index (χ4n) is 2.95. The molecule has 1 saturated carbocycles. The third kappa shape index (κ3) is 3.59. The highest BCUT2D eigenvalue weighted by molar-refractivity contribution is 7.99. The second-order valence-electron chi connectivity index (χ2n) is 5.58. The molecule has 2 aliphatic rings. The Morgan fingerprint density at radius 2 is 1.89 bits per heavy atom. The number of ether oxygens (including phenoxy) is 1. The van der Waals surface area contributed by atoms with Gasteiger partial charge in [-0.25, -0.2) is 0 Å². The number of hydrogen-bond acceptors (Lipinski definition) is 3. The molecule has 104 valence electrons. The summed E-state index contributed by atoms with van der Waals surface area (Å²) >= 11 is 2.06. The van der Waals surface area contributed by atoms with E-state index in [2.05, 4.69) is 41.3 Å². The van der Waals surface area contributed by atoms with Crippen LogP contribution in [0, 0.1) is 0 Å². The molecule has 2 fully saturated rings. The third-order valence-electron chi connectivity index (χ3n) is 4.00. The second kappa shape index (κ2) is 6.56. The van der Waals surface area contributed by atoms with Gasteiger partial charge in [0.1, 0.15) is 5.75 Å². The molecule has 3 heteroatoms. The molecule has 3 rings (SSSR count). The molecule has 0 unspecified atom stereocenters. The number of benzene rings is 1. The van der Waals surface area contributed by atoms with Crippen LogP contribution in [0.25, 0.3) is 0 Å². The first-order valence-corrected chi connectivity index (χ1v) is 8.67. The predicted molar refractivity (Wildman–Crippen MR) is 83.3 cm³/mol. The normalized spacial score (nSPS) is 24.3. The molecule has 2 nitrogen and oxygen atoms in total. The predicted octanol–water partition coefficient (Wildman–Crippen LogP) is 4.32. The van der Waals surface area contributed by atoms with E-state index in [9.17, 15) is 0 Å². The first kappa shape index (κ1) is 13.2. The molecule has 0 aromatic heterocycles. The van der Waals surface area contributed by atoms with E-state index in [4.69, 9.17) is 4.74 Å². The highest BCUT2D eigenvalue weighted by Gasteiger charge is 2.19. The van der Waals surface area contributed by atoms with Crippen LogP contribution in [0.4, 0.5) is 5.69 Å². The first-order chi connectivity index (χ1) is 9.42. The van der Waals surface area contributed by atoms with Crippen molar-refractivity contribution in [3.05, 3.63) is 24.3 Å². The lowest BCUT2D eigenvalue weighted by molar-refractivity contribution is 0.211. The Labute approximate surface area is 120 Å². The van der Waals surface area contributed by atoms with E-state index in [0.29, 0.717) is 12.1 Å². The van der Waals surface area contributed by atoms with Crippen LogP contribution in [0.15, 0.2) is 24.3 Å². The summed E-state index contributed by atoms with van der Waals surface area (Å²) < 4.78 is 6.18. The maximum Gasteiger partial charge on any atom is 0.142 e. The second-order valence-corrected chi connectivity index (χ2v) is 6.73. The van der Waals surface area contributed by atoms with Crippen LogP contribution in [-0.2, 0) is 0 Å². The van der Waals surface area contributed by atoms with Gasteiger partial charge in [-0.1, -0.05) is 12.1 Å². The van der Waals surface area contributed by atoms with Gasteiger partial charge in [0.2, 0.25) is 0 Å². The summed E-state index contributed by atoms with van der Waals surface area (Å²) in [7, 11) is 0. The molecule has 1 aliphatic heterocycles. The highest BCUT2D eigenvalue weighted by atomic mass is 32.2. The Morgan fingerprint density at radius 1 is 1.05 bits per heavy atom. The smallest absolute Gasteiger partial charge is 0.142 e. The summed E-state index contributed by atoms with van der Waals surface area (Å²) in [4.78, 5) is 0. The van der Waals surface area contributed by atoms with E-state index in [0.717, 1.165) is 5.75 Å². The Hall–Kier alpha value is -0.830. The van der Waals surface area contributed by atoms with Gasteiger partial charge in [0.05, 0.1) is 11.8 Å². The zero-order chi connectivity index (χ0) is 12.9. The number of nitrogens with one attached hydrogen (secondary N) is 1. The van der Waals surface area contributed by atoms with Gasteiger partial charge in [0.15, 0.2) is 0 Å². The Kier molecular flexibility index (Phi) is 4.54. The van der Waals surface area contributed by atoms with Gasteiger partial charge in [0.25, 0.3) is 0 Å². The summed E-state index contributed by atoms with van der Waals surface area (Å²) in [5.74, 6) is 3.58. The molecule has 1 saturated heterocycles. The van der Waals surface area contributed by atoms with Crippen LogP contribution in [0.2, 0.25) is 0 Å². The van der Waals surface area contributed by atoms with Crippen molar-refractivity contribution in [2.24, 2.45) is 0 Å². The summed E-state index contributed by atoms with van der Waals surface area (Å²) in [5.41, 5.74) is 1.18.